The summed E-state index contributed by atoms with van der Waals surface area (Å²) in [5, 5.41) is 5.46. The predicted molar refractivity (Wildman–Crippen MR) is 139 cm³/mol. The number of rotatable bonds is 5. The van der Waals surface area contributed by atoms with Crippen LogP contribution in [0.1, 0.15) is 36.7 Å². The molecule has 0 spiro atoms. The maximum atomic E-state index is 13.2. The van der Waals surface area contributed by atoms with Gasteiger partial charge in [-0.3, -0.25) is 9.69 Å². The highest BCUT2D eigenvalue weighted by Gasteiger charge is 2.29. The maximum Gasteiger partial charge on any atom is 0.341 e. The van der Waals surface area contributed by atoms with Crippen LogP contribution in [0.3, 0.4) is 0 Å². The van der Waals surface area contributed by atoms with E-state index in [0.717, 1.165) is 47.3 Å². The van der Waals surface area contributed by atoms with Gasteiger partial charge in [0, 0.05) is 30.1 Å². The normalized spacial score (nSPS) is 13.1. The Morgan fingerprint density at radius 1 is 1.00 bits per heavy atom. The highest BCUT2D eigenvalue weighted by Crippen LogP contribution is 2.38. The molecule has 174 valence electrons. The number of esters is 1. The van der Waals surface area contributed by atoms with E-state index in [-0.39, 0.29) is 18.3 Å². The molecule has 0 aliphatic carbocycles. The molecular weight excluding hydrogens is 468 g/mol. The van der Waals surface area contributed by atoms with Crippen molar-refractivity contribution in [2.24, 2.45) is 0 Å². The number of halogens is 1. The van der Waals surface area contributed by atoms with E-state index in [4.69, 9.17) is 4.74 Å². The summed E-state index contributed by atoms with van der Waals surface area (Å²) in [6.07, 6.45) is 0.743. The first-order valence-electron chi connectivity index (χ1n) is 10.9. The van der Waals surface area contributed by atoms with Gasteiger partial charge in [-0.25, -0.2) is 4.79 Å². The molecule has 1 amide bonds. The number of hydrogen-bond donors (Lipinski definition) is 1. The van der Waals surface area contributed by atoms with Crippen LogP contribution in [0.15, 0.2) is 72.8 Å². The summed E-state index contributed by atoms with van der Waals surface area (Å²) < 4.78 is 5.08. The van der Waals surface area contributed by atoms with Gasteiger partial charge in [0.1, 0.15) is 5.00 Å². The van der Waals surface area contributed by atoms with E-state index in [1.54, 1.807) is 0 Å². The predicted octanol–water partition coefficient (Wildman–Crippen LogP) is 5.92. The zero-order valence-corrected chi connectivity index (χ0v) is 20.4. The number of carbonyl (C=O) groups is 2. The van der Waals surface area contributed by atoms with Crippen LogP contribution in [0.5, 0.6) is 0 Å². The molecule has 0 fully saturated rings. The van der Waals surface area contributed by atoms with Crippen LogP contribution in [0.4, 0.5) is 5.00 Å². The zero-order chi connectivity index (χ0) is 22.8. The maximum absolute atomic E-state index is 13.2. The molecule has 1 aliphatic heterocycles. The van der Waals surface area contributed by atoms with E-state index in [0.29, 0.717) is 16.1 Å². The Balaban J connectivity index is 0.00000274. The molecule has 4 aromatic rings. The fourth-order valence-electron chi connectivity index (χ4n) is 4.43. The van der Waals surface area contributed by atoms with Crippen molar-refractivity contribution < 1.29 is 14.3 Å². The van der Waals surface area contributed by atoms with Gasteiger partial charge in [-0.2, -0.15) is 0 Å². The molecule has 34 heavy (non-hydrogen) atoms. The lowest BCUT2D eigenvalue weighted by Crippen LogP contribution is -2.29. The summed E-state index contributed by atoms with van der Waals surface area (Å²) in [5.41, 5.74) is 3.33. The number of fused-ring (bicyclic) bond motifs is 2. The van der Waals surface area contributed by atoms with E-state index < -0.39 is 5.97 Å². The van der Waals surface area contributed by atoms with Crippen molar-refractivity contribution in [3.8, 4) is 0 Å². The van der Waals surface area contributed by atoms with Gasteiger partial charge < -0.3 is 10.1 Å². The second-order valence-electron chi connectivity index (χ2n) is 8.13. The number of anilines is 1. The minimum atomic E-state index is -0.405. The molecule has 2 heterocycles. The second kappa shape index (κ2) is 10.4. The number of amides is 1. The SMILES string of the molecule is COC(=O)c1c(NC(=O)c2cccc3ccccc23)sc2c1CCN(Cc1ccccc1)C2.Cl. The van der Waals surface area contributed by atoms with Gasteiger partial charge in [0.05, 0.1) is 12.7 Å². The van der Waals surface area contributed by atoms with Crippen molar-refractivity contribution in [1.29, 1.82) is 0 Å². The Hall–Kier alpha value is -3.19. The van der Waals surface area contributed by atoms with Crippen LogP contribution < -0.4 is 5.32 Å². The quantitative estimate of drug-likeness (QED) is 0.351. The van der Waals surface area contributed by atoms with Gasteiger partial charge in [-0.15, -0.1) is 23.7 Å². The average molecular weight is 493 g/mol. The molecule has 0 bridgehead atoms. The van der Waals surface area contributed by atoms with Crippen molar-refractivity contribution in [1.82, 2.24) is 4.90 Å². The standard InChI is InChI=1S/C27H24N2O3S.ClH/c1-32-27(31)24-22-14-15-29(16-18-8-3-2-4-9-18)17-23(22)33-26(24)28-25(30)21-13-7-11-19-10-5-6-12-20(19)21;/h2-13H,14-17H2,1H3,(H,28,30);1H. The minimum Gasteiger partial charge on any atom is -0.465 e. The number of ether oxygens (including phenoxy) is 1. The zero-order valence-electron chi connectivity index (χ0n) is 18.7. The molecule has 5 nitrogen and oxygen atoms in total. The lowest BCUT2D eigenvalue weighted by atomic mass is 10.0. The average Bonchev–Trinajstić information content (AvgIpc) is 3.20. The third-order valence-corrected chi connectivity index (χ3v) is 7.17. The van der Waals surface area contributed by atoms with Crippen LogP contribution in [-0.2, 0) is 24.2 Å². The number of carbonyl (C=O) groups excluding carboxylic acids is 2. The number of benzene rings is 3. The summed E-state index contributed by atoms with van der Waals surface area (Å²) >= 11 is 1.47. The summed E-state index contributed by atoms with van der Waals surface area (Å²) in [5.74, 6) is -0.631. The van der Waals surface area contributed by atoms with Crippen LogP contribution >= 0.6 is 23.7 Å². The number of hydrogen-bond acceptors (Lipinski definition) is 5. The fraction of sp³-hybridized carbons (Fsp3) is 0.185. The van der Waals surface area contributed by atoms with Crippen LogP contribution in [0.25, 0.3) is 10.8 Å². The molecule has 0 unspecified atom stereocenters. The Kier molecular flexibility index (Phi) is 7.32. The van der Waals surface area contributed by atoms with E-state index in [2.05, 4.69) is 22.3 Å². The highest BCUT2D eigenvalue weighted by molar-refractivity contribution is 7.17. The topological polar surface area (TPSA) is 58.6 Å². The molecule has 0 saturated carbocycles. The Morgan fingerprint density at radius 3 is 2.53 bits per heavy atom. The summed E-state index contributed by atoms with van der Waals surface area (Å²) in [4.78, 5) is 29.4. The Labute approximate surface area is 208 Å². The second-order valence-corrected chi connectivity index (χ2v) is 9.23. The molecule has 5 rings (SSSR count). The smallest absolute Gasteiger partial charge is 0.341 e. The third-order valence-electron chi connectivity index (χ3n) is 6.04. The van der Waals surface area contributed by atoms with Gasteiger partial charge in [0.25, 0.3) is 5.91 Å². The largest absolute Gasteiger partial charge is 0.465 e. The van der Waals surface area contributed by atoms with Crippen molar-refractivity contribution in [2.75, 3.05) is 19.0 Å². The van der Waals surface area contributed by atoms with Crippen molar-refractivity contribution >= 4 is 51.4 Å². The van der Waals surface area contributed by atoms with E-state index in [1.807, 2.05) is 60.7 Å². The lowest BCUT2D eigenvalue weighted by Gasteiger charge is -2.27. The van der Waals surface area contributed by atoms with Gasteiger partial charge in [0.2, 0.25) is 0 Å². The summed E-state index contributed by atoms with van der Waals surface area (Å²) in [7, 11) is 1.38. The first kappa shape index (κ1) is 24.0. The van der Waals surface area contributed by atoms with Crippen molar-refractivity contribution in [2.45, 2.75) is 19.5 Å². The van der Waals surface area contributed by atoms with Crippen molar-refractivity contribution in [3.63, 3.8) is 0 Å². The summed E-state index contributed by atoms with van der Waals surface area (Å²) in [6.45, 7) is 2.44. The van der Waals surface area contributed by atoms with Gasteiger partial charge in [0.15, 0.2) is 0 Å². The molecule has 0 radical (unpaired) electrons. The number of methoxy groups -OCH3 is 1. The first-order valence-corrected chi connectivity index (χ1v) is 11.7. The number of nitrogens with zero attached hydrogens (tertiary/aromatic N) is 1. The molecule has 1 N–H and O–H groups in total. The Bertz CT molecular complexity index is 1330. The van der Waals surface area contributed by atoms with Gasteiger partial charge in [-0.05, 0) is 34.4 Å². The molecule has 1 aliphatic rings. The molecular formula is C27H25ClN2O3S. The first-order chi connectivity index (χ1) is 16.1. The van der Waals surface area contributed by atoms with Crippen LogP contribution in [0, 0.1) is 0 Å². The van der Waals surface area contributed by atoms with E-state index in [9.17, 15) is 9.59 Å². The molecule has 0 saturated heterocycles. The highest BCUT2D eigenvalue weighted by atomic mass is 35.5. The van der Waals surface area contributed by atoms with E-state index >= 15 is 0 Å². The number of thiophene rings is 1. The fourth-order valence-corrected chi connectivity index (χ4v) is 5.71. The third kappa shape index (κ3) is 4.71. The van der Waals surface area contributed by atoms with Gasteiger partial charge >= 0.3 is 5.97 Å². The monoisotopic (exact) mass is 492 g/mol. The number of nitrogens with one attached hydrogen (secondary N) is 1. The molecule has 1 aromatic heterocycles. The molecule has 0 atom stereocenters. The minimum absolute atomic E-state index is 0. The Morgan fingerprint density at radius 2 is 1.74 bits per heavy atom. The molecule has 3 aromatic carbocycles. The van der Waals surface area contributed by atoms with Crippen LogP contribution in [-0.4, -0.2) is 30.4 Å². The van der Waals surface area contributed by atoms with E-state index in [1.165, 1.54) is 24.0 Å². The van der Waals surface area contributed by atoms with Gasteiger partial charge in [-0.1, -0.05) is 66.7 Å². The van der Waals surface area contributed by atoms with Crippen LogP contribution in [0.2, 0.25) is 0 Å². The summed E-state index contributed by atoms with van der Waals surface area (Å²) in [6, 6.07) is 23.8. The molecule has 7 heteroatoms. The lowest BCUT2D eigenvalue weighted by molar-refractivity contribution is 0.0600. The van der Waals surface area contributed by atoms with Crippen molar-refractivity contribution in [3.05, 3.63) is 99.9 Å².